The standard InChI is InChI=1S/C23H20F3NO2/c1-22(2,21(28)27-19-12-10-18(11-13-19)23(24,25)26)29-20-14-8-17(9-15-20)16-6-4-3-5-7-16/h3-15H,1-2H3,(H,27,28). The van der Waals surface area contributed by atoms with E-state index in [1.54, 1.807) is 26.0 Å². The molecule has 0 saturated carbocycles. The highest BCUT2D eigenvalue weighted by Crippen LogP contribution is 2.30. The largest absolute Gasteiger partial charge is 0.478 e. The third-order valence-electron chi connectivity index (χ3n) is 4.35. The van der Waals surface area contributed by atoms with Gasteiger partial charge in [-0.2, -0.15) is 13.2 Å². The molecule has 0 spiro atoms. The lowest BCUT2D eigenvalue weighted by molar-refractivity contribution is -0.137. The molecule has 0 saturated heterocycles. The molecule has 0 aliphatic carbocycles. The number of benzene rings is 3. The average Bonchev–Trinajstić information content (AvgIpc) is 2.68. The molecule has 0 atom stereocenters. The Morgan fingerprint density at radius 3 is 1.90 bits per heavy atom. The highest BCUT2D eigenvalue weighted by molar-refractivity contribution is 5.97. The van der Waals surface area contributed by atoms with Crippen LogP contribution in [0.2, 0.25) is 0 Å². The summed E-state index contributed by atoms with van der Waals surface area (Å²) in [6.07, 6.45) is -4.42. The molecule has 1 amide bonds. The maximum Gasteiger partial charge on any atom is 0.416 e. The van der Waals surface area contributed by atoms with Crippen LogP contribution in [0.15, 0.2) is 78.9 Å². The van der Waals surface area contributed by atoms with Gasteiger partial charge in [-0.05, 0) is 61.4 Å². The minimum atomic E-state index is -4.42. The third kappa shape index (κ3) is 5.16. The summed E-state index contributed by atoms with van der Waals surface area (Å²) in [4.78, 5) is 12.6. The molecule has 1 N–H and O–H groups in total. The summed E-state index contributed by atoms with van der Waals surface area (Å²) in [7, 11) is 0. The molecule has 3 aromatic rings. The Labute approximate surface area is 167 Å². The van der Waals surface area contributed by atoms with E-state index in [-0.39, 0.29) is 5.69 Å². The van der Waals surface area contributed by atoms with Crippen LogP contribution < -0.4 is 10.1 Å². The number of amides is 1. The molecule has 0 radical (unpaired) electrons. The summed E-state index contributed by atoms with van der Waals surface area (Å²) in [5, 5.41) is 2.59. The van der Waals surface area contributed by atoms with Gasteiger partial charge in [-0.25, -0.2) is 0 Å². The van der Waals surface area contributed by atoms with E-state index >= 15 is 0 Å². The summed E-state index contributed by atoms with van der Waals surface area (Å²) in [5.41, 5.74) is 0.351. The van der Waals surface area contributed by atoms with Crippen molar-refractivity contribution in [3.05, 3.63) is 84.4 Å². The number of carbonyl (C=O) groups is 1. The maximum absolute atomic E-state index is 12.6. The zero-order valence-corrected chi connectivity index (χ0v) is 16.0. The second-order valence-corrected chi connectivity index (χ2v) is 7.03. The van der Waals surface area contributed by atoms with Gasteiger partial charge in [0.05, 0.1) is 5.56 Å². The fourth-order valence-corrected chi connectivity index (χ4v) is 2.71. The number of halogens is 3. The summed E-state index contributed by atoms with van der Waals surface area (Å²) >= 11 is 0. The van der Waals surface area contributed by atoms with Crippen molar-refractivity contribution in [3.8, 4) is 16.9 Å². The summed E-state index contributed by atoms with van der Waals surface area (Å²) in [6.45, 7) is 3.19. The van der Waals surface area contributed by atoms with Gasteiger partial charge in [-0.15, -0.1) is 0 Å². The molecule has 0 aliphatic rings. The maximum atomic E-state index is 12.6. The van der Waals surface area contributed by atoms with Crippen molar-refractivity contribution in [2.45, 2.75) is 25.6 Å². The Bertz CT molecular complexity index is 964. The molecule has 0 unspecified atom stereocenters. The Hall–Kier alpha value is -3.28. The zero-order valence-electron chi connectivity index (χ0n) is 16.0. The Morgan fingerprint density at radius 1 is 0.793 bits per heavy atom. The predicted molar refractivity (Wildman–Crippen MR) is 107 cm³/mol. The minimum Gasteiger partial charge on any atom is -0.478 e. The van der Waals surface area contributed by atoms with Crippen LogP contribution in [0.25, 0.3) is 11.1 Å². The number of ether oxygens (including phenoxy) is 1. The first-order valence-electron chi connectivity index (χ1n) is 8.98. The van der Waals surface area contributed by atoms with Crippen molar-refractivity contribution < 1.29 is 22.7 Å². The molecule has 3 aromatic carbocycles. The van der Waals surface area contributed by atoms with Crippen LogP contribution in [-0.2, 0) is 11.0 Å². The number of carbonyl (C=O) groups excluding carboxylic acids is 1. The van der Waals surface area contributed by atoms with E-state index in [1.807, 2.05) is 42.5 Å². The molecule has 0 aliphatic heterocycles. The molecule has 6 heteroatoms. The van der Waals surface area contributed by atoms with Gasteiger partial charge in [0.1, 0.15) is 5.75 Å². The molecule has 0 fully saturated rings. The molecule has 0 bridgehead atoms. The molecular formula is C23H20F3NO2. The van der Waals surface area contributed by atoms with Crippen molar-refractivity contribution in [3.63, 3.8) is 0 Å². The third-order valence-corrected chi connectivity index (χ3v) is 4.35. The summed E-state index contributed by atoms with van der Waals surface area (Å²) in [5.74, 6) is 0.0432. The van der Waals surface area contributed by atoms with E-state index in [0.29, 0.717) is 5.75 Å². The SMILES string of the molecule is CC(C)(Oc1ccc(-c2ccccc2)cc1)C(=O)Nc1ccc(C(F)(F)F)cc1. The lowest BCUT2D eigenvalue weighted by Crippen LogP contribution is -2.42. The quantitative estimate of drug-likeness (QED) is 0.557. The minimum absolute atomic E-state index is 0.263. The monoisotopic (exact) mass is 399 g/mol. The predicted octanol–water partition coefficient (Wildman–Crippen LogP) is 6.17. The number of rotatable bonds is 5. The average molecular weight is 399 g/mol. The van der Waals surface area contributed by atoms with Crippen LogP contribution in [-0.4, -0.2) is 11.5 Å². The van der Waals surface area contributed by atoms with Crippen LogP contribution in [0.4, 0.5) is 18.9 Å². The van der Waals surface area contributed by atoms with Crippen molar-refractivity contribution in [1.82, 2.24) is 0 Å². The Balaban J connectivity index is 1.66. The van der Waals surface area contributed by atoms with E-state index in [1.165, 1.54) is 12.1 Å². The van der Waals surface area contributed by atoms with Gasteiger partial charge in [0.25, 0.3) is 5.91 Å². The topological polar surface area (TPSA) is 38.3 Å². The van der Waals surface area contributed by atoms with Crippen molar-refractivity contribution in [2.24, 2.45) is 0 Å². The Morgan fingerprint density at radius 2 is 1.34 bits per heavy atom. The van der Waals surface area contributed by atoms with E-state index in [9.17, 15) is 18.0 Å². The van der Waals surface area contributed by atoms with E-state index in [0.717, 1.165) is 23.3 Å². The van der Waals surface area contributed by atoms with Crippen LogP contribution in [0, 0.1) is 0 Å². The molecule has 3 nitrogen and oxygen atoms in total. The van der Waals surface area contributed by atoms with Crippen molar-refractivity contribution in [1.29, 1.82) is 0 Å². The van der Waals surface area contributed by atoms with Gasteiger partial charge in [0, 0.05) is 5.69 Å². The lowest BCUT2D eigenvalue weighted by Gasteiger charge is -2.25. The van der Waals surface area contributed by atoms with E-state index in [4.69, 9.17) is 4.74 Å². The Kier molecular flexibility index (Phi) is 5.64. The molecule has 0 heterocycles. The molecular weight excluding hydrogens is 379 g/mol. The number of hydrogen-bond donors (Lipinski definition) is 1. The first-order valence-corrected chi connectivity index (χ1v) is 8.98. The lowest BCUT2D eigenvalue weighted by atomic mass is 10.1. The van der Waals surface area contributed by atoms with Crippen LogP contribution >= 0.6 is 0 Å². The fraction of sp³-hybridized carbons (Fsp3) is 0.174. The highest BCUT2D eigenvalue weighted by Gasteiger charge is 2.32. The zero-order chi connectivity index (χ0) is 21.1. The van der Waals surface area contributed by atoms with Crippen molar-refractivity contribution in [2.75, 3.05) is 5.32 Å². The molecule has 150 valence electrons. The fourth-order valence-electron chi connectivity index (χ4n) is 2.71. The molecule has 0 aromatic heterocycles. The number of alkyl halides is 3. The van der Waals surface area contributed by atoms with Gasteiger partial charge in [0.2, 0.25) is 0 Å². The van der Waals surface area contributed by atoms with Gasteiger partial charge in [-0.1, -0.05) is 42.5 Å². The van der Waals surface area contributed by atoms with Crippen molar-refractivity contribution >= 4 is 11.6 Å². The molecule has 29 heavy (non-hydrogen) atoms. The first kappa shape index (κ1) is 20.5. The van der Waals surface area contributed by atoms with Gasteiger partial charge < -0.3 is 10.1 Å². The highest BCUT2D eigenvalue weighted by atomic mass is 19.4. The van der Waals surface area contributed by atoms with Crippen LogP contribution in [0.3, 0.4) is 0 Å². The number of nitrogens with one attached hydrogen (secondary N) is 1. The number of hydrogen-bond acceptors (Lipinski definition) is 2. The number of anilines is 1. The molecule has 3 rings (SSSR count). The van der Waals surface area contributed by atoms with E-state index < -0.39 is 23.2 Å². The van der Waals surface area contributed by atoms with Gasteiger partial charge >= 0.3 is 6.18 Å². The van der Waals surface area contributed by atoms with Gasteiger partial charge in [0.15, 0.2) is 5.60 Å². The van der Waals surface area contributed by atoms with Gasteiger partial charge in [-0.3, -0.25) is 4.79 Å². The van der Waals surface area contributed by atoms with E-state index in [2.05, 4.69) is 5.32 Å². The summed E-state index contributed by atoms with van der Waals surface area (Å²) < 4.78 is 43.7. The smallest absolute Gasteiger partial charge is 0.416 e. The second kappa shape index (κ2) is 7.99. The second-order valence-electron chi connectivity index (χ2n) is 7.03. The summed E-state index contributed by atoms with van der Waals surface area (Å²) in [6, 6.07) is 21.5. The first-order chi connectivity index (χ1) is 13.6. The van der Waals surface area contributed by atoms with Crippen LogP contribution in [0.1, 0.15) is 19.4 Å². The normalized spacial score (nSPS) is 11.8. The van der Waals surface area contributed by atoms with Crippen LogP contribution in [0.5, 0.6) is 5.75 Å².